The molecule has 2 atom stereocenters. The van der Waals surface area contributed by atoms with Gasteiger partial charge in [-0.25, -0.2) is 13.2 Å². The van der Waals surface area contributed by atoms with Gasteiger partial charge in [0.1, 0.15) is 23.6 Å². The van der Waals surface area contributed by atoms with E-state index in [9.17, 15) is 13.2 Å². The van der Waals surface area contributed by atoms with Crippen LogP contribution < -0.4 is 0 Å². The number of aliphatic imine (C=N–C) groups is 1. The second-order valence-electron chi connectivity index (χ2n) is 9.11. The minimum Gasteiger partial charge on any atom is -0.346 e. The molecule has 9 heteroatoms. The van der Waals surface area contributed by atoms with Crippen LogP contribution in [0.1, 0.15) is 35.3 Å². The molecule has 0 radical (unpaired) electrons. The molecule has 0 aliphatic carbocycles. The van der Waals surface area contributed by atoms with Crippen LogP contribution in [0, 0.1) is 11.6 Å². The van der Waals surface area contributed by atoms with E-state index in [1.165, 1.54) is 0 Å². The molecule has 170 valence electrons. The normalized spacial score (nSPS) is 23.0. The first kappa shape index (κ1) is 20.4. The lowest BCUT2D eigenvalue weighted by molar-refractivity contribution is 0.130. The second kappa shape index (κ2) is 7.69. The van der Waals surface area contributed by atoms with Crippen molar-refractivity contribution in [3.8, 4) is 11.1 Å². The van der Waals surface area contributed by atoms with Crippen LogP contribution in [0.2, 0.25) is 0 Å². The van der Waals surface area contributed by atoms with E-state index in [1.807, 2.05) is 23.1 Å². The molecule has 5 heterocycles. The number of fused-ring (bicyclic) bond motifs is 1. The molecule has 1 aromatic carbocycles. The lowest BCUT2D eigenvalue weighted by Gasteiger charge is -2.36. The Bertz CT molecular complexity index is 1250. The first-order valence-corrected chi connectivity index (χ1v) is 11.1. The molecule has 0 N–H and O–H groups in total. The van der Waals surface area contributed by atoms with Crippen molar-refractivity contribution in [2.75, 3.05) is 26.7 Å². The first-order valence-electron chi connectivity index (χ1n) is 11.1. The fourth-order valence-electron chi connectivity index (χ4n) is 5.05. The number of nitrogens with zero attached hydrogens (tertiary/aromatic N) is 6. The van der Waals surface area contributed by atoms with Gasteiger partial charge in [-0.05, 0) is 31.3 Å². The maximum absolute atomic E-state index is 14.5. The Morgan fingerprint density at radius 3 is 2.70 bits per heavy atom. The summed E-state index contributed by atoms with van der Waals surface area (Å²) in [5.41, 5.74) is 3.60. The van der Waals surface area contributed by atoms with Crippen molar-refractivity contribution in [1.82, 2.24) is 24.6 Å². The quantitative estimate of drug-likeness (QED) is 0.607. The van der Waals surface area contributed by atoms with Crippen molar-refractivity contribution < 1.29 is 13.2 Å². The number of benzene rings is 1. The monoisotopic (exact) mass is 452 g/mol. The Hall–Kier alpha value is -3.20. The van der Waals surface area contributed by atoms with Crippen molar-refractivity contribution in [3.05, 3.63) is 71.3 Å². The largest absolute Gasteiger partial charge is 0.346 e. The predicted molar refractivity (Wildman–Crippen MR) is 118 cm³/mol. The van der Waals surface area contributed by atoms with Crippen LogP contribution in [0.5, 0.6) is 0 Å². The van der Waals surface area contributed by atoms with Gasteiger partial charge in [-0.1, -0.05) is 0 Å². The van der Waals surface area contributed by atoms with E-state index < -0.39 is 23.8 Å². The van der Waals surface area contributed by atoms with Crippen molar-refractivity contribution in [1.29, 1.82) is 0 Å². The summed E-state index contributed by atoms with van der Waals surface area (Å²) >= 11 is 0. The molecule has 33 heavy (non-hydrogen) atoms. The number of likely N-dealkylation sites (tertiary alicyclic amines) is 2. The molecular formula is C24H23F3N6. The molecule has 3 aliphatic rings. The van der Waals surface area contributed by atoms with Gasteiger partial charge in [0.05, 0.1) is 37.1 Å². The van der Waals surface area contributed by atoms with E-state index in [1.54, 1.807) is 11.1 Å². The van der Waals surface area contributed by atoms with Crippen LogP contribution in [0.25, 0.3) is 11.1 Å². The SMILES string of the molecule is CN1CC(n2cc(-c3cnc4c(c3)C(N3C[C@@H](F)C[C@@H]3c3cc(F)ccc3F)=NC4)cn2)C1. The van der Waals surface area contributed by atoms with Crippen LogP contribution in [-0.4, -0.2) is 63.3 Å². The van der Waals surface area contributed by atoms with E-state index in [0.29, 0.717) is 18.4 Å². The van der Waals surface area contributed by atoms with Crippen molar-refractivity contribution >= 4 is 5.84 Å². The fraction of sp³-hybridized carbons (Fsp3) is 0.375. The zero-order chi connectivity index (χ0) is 22.7. The average Bonchev–Trinajstić information content (AvgIpc) is 3.50. The summed E-state index contributed by atoms with van der Waals surface area (Å²) in [6.07, 6.45) is 4.58. The number of hydrogen-bond acceptors (Lipinski definition) is 5. The topological polar surface area (TPSA) is 49.6 Å². The van der Waals surface area contributed by atoms with Crippen LogP contribution in [-0.2, 0) is 6.54 Å². The molecule has 2 saturated heterocycles. The average molecular weight is 452 g/mol. The predicted octanol–water partition coefficient (Wildman–Crippen LogP) is 3.76. The highest BCUT2D eigenvalue weighted by molar-refractivity contribution is 6.02. The summed E-state index contributed by atoms with van der Waals surface area (Å²) < 4.78 is 44.9. The Labute approximate surface area is 189 Å². The molecule has 3 aliphatic heterocycles. The molecule has 0 amide bonds. The van der Waals surface area contributed by atoms with Crippen LogP contribution >= 0.6 is 0 Å². The summed E-state index contributed by atoms with van der Waals surface area (Å²) in [6, 6.07) is 5.07. The van der Waals surface area contributed by atoms with Gasteiger partial charge in [0.15, 0.2) is 0 Å². The fourth-order valence-corrected chi connectivity index (χ4v) is 5.05. The number of likely N-dealkylation sites (N-methyl/N-ethyl adjacent to an activating group) is 1. The zero-order valence-electron chi connectivity index (χ0n) is 18.1. The van der Waals surface area contributed by atoms with Crippen LogP contribution in [0.3, 0.4) is 0 Å². The maximum Gasteiger partial charge on any atom is 0.133 e. The highest BCUT2D eigenvalue weighted by Crippen LogP contribution is 2.38. The first-order chi connectivity index (χ1) is 16.0. The number of aromatic nitrogens is 3. The third-order valence-corrected chi connectivity index (χ3v) is 6.78. The second-order valence-corrected chi connectivity index (χ2v) is 9.11. The Morgan fingerprint density at radius 1 is 1.03 bits per heavy atom. The van der Waals surface area contributed by atoms with Gasteiger partial charge in [-0.2, -0.15) is 5.10 Å². The lowest BCUT2D eigenvalue weighted by atomic mass is 10.0. The van der Waals surface area contributed by atoms with Crippen molar-refractivity contribution in [2.24, 2.45) is 4.99 Å². The van der Waals surface area contributed by atoms with E-state index in [4.69, 9.17) is 0 Å². The lowest BCUT2D eigenvalue weighted by Crippen LogP contribution is -2.45. The third kappa shape index (κ3) is 3.51. The molecule has 0 unspecified atom stereocenters. The van der Waals surface area contributed by atoms with Gasteiger partial charge in [-0.15, -0.1) is 0 Å². The number of hydrogen-bond donors (Lipinski definition) is 0. The molecule has 2 aromatic heterocycles. The van der Waals surface area contributed by atoms with Gasteiger partial charge in [0.25, 0.3) is 0 Å². The number of amidine groups is 1. The van der Waals surface area contributed by atoms with Gasteiger partial charge in [0.2, 0.25) is 0 Å². The highest BCUT2D eigenvalue weighted by Gasteiger charge is 2.39. The summed E-state index contributed by atoms with van der Waals surface area (Å²) in [5.74, 6) is -0.498. The molecule has 3 aromatic rings. The van der Waals surface area contributed by atoms with Gasteiger partial charge >= 0.3 is 0 Å². The number of alkyl halides is 1. The molecular weight excluding hydrogens is 429 g/mol. The van der Waals surface area contributed by atoms with E-state index in [0.717, 1.165) is 53.7 Å². The van der Waals surface area contributed by atoms with Crippen LogP contribution in [0.4, 0.5) is 13.2 Å². The van der Waals surface area contributed by atoms with E-state index >= 15 is 0 Å². The molecule has 0 spiro atoms. The Balaban J connectivity index is 1.32. The zero-order valence-corrected chi connectivity index (χ0v) is 18.1. The van der Waals surface area contributed by atoms with Crippen molar-refractivity contribution in [2.45, 2.75) is 31.2 Å². The van der Waals surface area contributed by atoms with Gasteiger partial charge in [-0.3, -0.25) is 14.7 Å². The number of halogens is 3. The Morgan fingerprint density at radius 2 is 1.88 bits per heavy atom. The van der Waals surface area contributed by atoms with Crippen LogP contribution in [0.15, 0.2) is 47.8 Å². The standard InChI is InChI=1S/C24H23F3N6/c1-31-12-18(13-31)33-10-15(8-30-33)14-4-20-22(28-7-14)9-29-24(20)32-11-17(26)6-23(32)19-5-16(25)2-3-21(19)27/h2-5,7-8,10,17-18,23H,6,9,11-13H2,1H3/t17-,23+/m0/s1. The van der Waals surface area contributed by atoms with Gasteiger partial charge < -0.3 is 9.80 Å². The van der Waals surface area contributed by atoms with Gasteiger partial charge in [0, 0.05) is 54.2 Å². The Kier molecular flexibility index (Phi) is 4.76. The smallest absolute Gasteiger partial charge is 0.133 e. The highest BCUT2D eigenvalue weighted by atomic mass is 19.1. The maximum atomic E-state index is 14.5. The minimum atomic E-state index is -1.15. The summed E-state index contributed by atoms with van der Waals surface area (Å²) in [6.45, 7) is 2.40. The summed E-state index contributed by atoms with van der Waals surface area (Å²) in [4.78, 5) is 13.2. The van der Waals surface area contributed by atoms with Crippen molar-refractivity contribution in [3.63, 3.8) is 0 Å². The summed E-state index contributed by atoms with van der Waals surface area (Å²) in [7, 11) is 2.08. The molecule has 0 bridgehead atoms. The number of pyridine rings is 1. The summed E-state index contributed by atoms with van der Waals surface area (Å²) in [5, 5.41) is 4.51. The molecule has 2 fully saturated rings. The van der Waals surface area contributed by atoms with E-state index in [-0.39, 0.29) is 18.5 Å². The molecule has 6 rings (SSSR count). The minimum absolute atomic E-state index is 0.0796. The molecule has 0 saturated carbocycles. The molecule has 6 nitrogen and oxygen atoms in total. The number of rotatable bonds is 3. The third-order valence-electron chi connectivity index (χ3n) is 6.78. The van der Waals surface area contributed by atoms with E-state index in [2.05, 4.69) is 27.0 Å².